The number of fused-ring (bicyclic) bond motifs is 1. The number of nitrogens with zero attached hydrogens (tertiary/aromatic N) is 1. The van der Waals surface area contributed by atoms with Gasteiger partial charge < -0.3 is 14.2 Å². The minimum atomic E-state index is -1.35. The number of benzene rings is 1. The van der Waals surface area contributed by atoms with Gasteiger partial charge in [-0.25, -0.2) is 4.79 Å². The molecule has 0 N–H and O–H groups in total. The molecule has 1 spiro atoms. The van der Waals surface area contributed by atoms with Crippen LogP contribution in [0.15, 0.2) is 18.2 Å². The summed E-state index contributed by atoms with van der Waals surface area (Å²) in [5.74, 6) is -1.06. The first-order chi connectivity index (χ1) is 14.0. The third kappa shape index (κ3) is 2.60. The predicted molar refractivity (Wildman–Crippen MR) is 109 cm³/mol. The van der Waals surface area contributed by atoms with Crippen LogP contribution in [0.25, 0.3) is 0 Å². The molecule has 1 aromatic carbocycles. The summed E-state index contributed by atoms with van der Waals surface area (Å²) in [4.78, 5) is 40.5. The fourth-order valence-electron chi connectivity index (χ4n) is 5.87. The van der Waals surface area contributed by atoms with Crippen LogP contribution in [-0.2, 0) is 29.2 Å². The number of esters is 2. The average Bonchev–Trinajstić information content (AvgIpc) is 3.05. The average molecular weight is 415 g/mol. The van der Waals surface area contributed by atoms with E-state index in [-0.39, 0.29) is 18.4 Å². The van der Waals surface area contributed by atoms with Gasteiger partial charge in [-0.15, -0.1) is 0 Å². The van der Waals surface area contributed by atoms with E-state index in [1.54, 1.807) is 4.90 Å². The summed E-state index contributed by atoms with van der Waals surface area (Å²) in [6.07, 6.45) is 0.924. The van der Waals surface area contributed by atoms with Crippen LogP contribution in [0.1, 0.15) is 51.2 Å². The summed E-state index contributed by atoms with van der Waals surface area (Å²) >= 11 is 0. The standard InChI is InChI=1S/C23H29NO6/c1-13-7-8-16-15(9-13)23-12-22(18(25)28-5,19(26)29-6)11-14(23)10-17(23)24(16)20(27)30-21(2,3)4/h7-9,14,17H,10-12H2,1-6H3/t14-,17+,23+/m0/s1. The van der Waals surface area contributed by atoms with Gasteiger partial charge in [-0.05, 0) is 64.5 Å². The monoisotopic (exact) mass is 415 g/mol. The zero-order valence-corrected chi connectivity index (χ0v) is 18.4. The van der Waals surface area contributed by atoms with Crippen molar-refractivity contribution in [2.75, 3.05) is 19.1 Å². The van der Waals surface area contributed by atoms with Gasteiger partial charge in [-0.3, -0.25) is 14.5 Å². The molecule has 7 heteroatoms. The van der Waals surface area contributed by atoms with E-state index in [9.17, 15) is 14.4 Å². The predicted octanol–water partition coefficient (Wildman–Crippen LogP) is 3.50. The number of amides is 1. The van der Waals surface area contributed by atoms with E-state index in [0.717, 1.165) is 16.8 Å². The molecule has 2 fully saturated rings. The van der Waals surface area contributed by atoms with Crippen molar-refractivity contribution in [1.82, 2.24) is 0 Å². The Morgan fingerprint density at radius 1 is 1.10 bits per heavy atom. The molecule has 30 heavy (non-hydrogen) atoms. The molecule has 2 saturated carbocycles. The van der Waals surface area contributed by atoms with Crippen LogP contribution < -0.4 is 4.90 Å². The Labute approximate surface area is 176 Å². The van der Waals surface area contributed by atoms with Gasteiger partial charge in [0.1, 0.15) is 5.60 Å². The number of ether oxygens (including phenoxy) is 3. The molecule has 3 atom stereocenters. The zero-order chi connectivity index (χ0) is 22.1. The minimum Gasteiger partial charge on any atom is -0.468 e. The third-order valence-corrected chi connectivity index (χ3v) is 6.99. The Kier molecular flexibility index (Phi) is 4.46. The topological polar surface area (TPSA) is 82.1 Å². The SMILES string of the molecule is COC(=O)C1(C(=O)OC)C[C@@H]2C[C@H]3N(C(=O)OC(C)(C)C)c4ccc(C)cc4[C@@]23C1. The number of anilines is 1. The molecule has 1 aliphatic heterocycles. The van der Waals surface area contributed by atoms with E-state index < -0.39 is 34.5 Å². The Bertz CT molecular complexity index is 916. The molecule has 0 unspecified atom stereocenters. The van der Waals surface area contributed by atoms with Gasteiger partial charge >= 0.3 is 18.0 Å². The first kappa shape index (κ1) is 20.7. The number of carbonyl (C=O) groups excluding carboxylic acids is 3. The van der Waals surface area contributed by atoms with Crippen molar-refractivity contribution in [3.8, 4) is 0 Å². The quantitative estimate of drug-likeness (QED) is 0.418. The van der Waals surface area contributed by atoms with Crippen LogP contribution in [0, 0.1) is 18.3 Å². The van der Waals surface area contributed by atoms with E-state index in [2.05, 4.69) is 6.07 Å². The molecule has 4 rings (SSSR count). The first-order valence-electron chi connectivity index (χ1n) is 10.3. The maximum Gasteiger partial charge on any atom is 0.415 e. The summed E-state index contributed by atoms with van der Waals surface area (Å²) < 4.78 is 15.8. The van der Waals surface area contributed by atoms with Crippen LogP contribution in [0.2, 0.25) is 0 Å². The number of rotatable bonds is 2. The lowest BCUT2D eigenvalue weighted by molar-refractivity contribution is -0.169. The summed E-state index contributed by atoms with van der Waals surface area (Å²) in [6, 6.07) is 5.82. The Morgan fingerprint density at radius 3 is 2.30 bits per heavy atom. The molecule has 0 bridgehead atoms. The van der Waals surface area contributed by atoms with Gasteiger partial charge in [-0.2, -0.15) is 0 Å². The Hall–Kier alpha value is -2.57. The summed E-state index contributed by atoms with van der Waals surface area (Å²) in [5, 5.41) is 0. The van der Waals surface area contributed by atoms with Crippen LogP contribution >= 0.6 is 0 Å². The zero-order valence-electron chi connectivity index (χ0n) is 18.4. The van der Waals surface area contributed by atoms with Crippen molar-refractivity contribution in [1.29, 1.82) is 0 Å². The van der Waals surface area contributed by atoms with Crippen molar-refractivity contribution < 1.29 is 28.6 Å². The highest BCUT2D eigenvalue weighted by molar-refractivity contribution is 6.02. The fraction of sp³-hybridized carbons (Fsp3) is 0.609. The van der Waals surface area contributed by atoms with Crippen molar-refractivity contribution in [2.45, 2.75) is 64.0 Å². The van der Waals surface area contributed by atoms with Crippen LogP contribution in [0.3, 0.4) is 0 Å². The number of methoxy groups -OCH3 is 2. The van der Waals surface area contributed by atoms with Gasteiger partial charge in [0.25, 0.3) is 0 Å². The normalized spacial score (nSPS) is 28.0. The van der Waals surface area contributed by atoms with Gasteiger partial charge in [0.15, 0.2) is 5.41 Å². The lowest BCUT2D eigenvalue weighted by atomic mass is 9.56. The molecule has 0 aromatic heterocycles. The fourth-order valence-corrected chi connectivity index (χ4v) is 5.87. The van der Waals surface area contributed by atoms with Crippen LogP contribution in [0.5, 0.6) is 0 Å². The molecule has 0 radical (unpaired) electrons. The van der Waals surface area contributed by atoms with Crippen LogP contribution in [0.4, 0.5) is 10.5 Å². The molecule has 3 aliphatic rings. The highest BCUT2D eigenvalue weighted by Crippen LogP contribution is 2.71. The van der Waals surface area contributed by atoms with Crippen molar-refractivity contribution >= 4 is 23.7 Å². The second-order valence-corrected chi connectivity index (χ2v) is 9.81. The molecule has 1 aromatic rings. The van der Waals surface area contributed by atoms with Crippen molar-refractivity contribution in [3.63, 3.8) is 0 Å². The first-order valence-corrected chi connectivity index (χ1v) is 10.3. The summed E-state index contributed by atoms with van der Waals surface area (Å²) in [6.45, 7) is 7.51. The molecule has 0 saturated heterocycles. The largest absolute Gasteiger partial charge is 0.468 e. The summed E-state index contributed by atoms with van der Waals surface area (Å²) in [5.41, 5.74) is 0.400. The molecule has 1 amide bonds. The highest BCUT2D eigenvalue weighted by atomic mass is 16.6. The van der Waals surface area contributed by atoms with Gasteiger partial charge in [0.2, 0.25) is 0 Å². The Morgan fingerprint density at radius 2 is 1.73 bits per heavy atom. The van der Waals surface area contributed by atoms with Gasteiger partial charge in [0, 0.05) is 5.41 Å². The highest BCUT2D eigenvalue weighted by Gasteiger charge is 2.75. The smallest absolute Gasteiger partial charge is 0.415 e. The Balaban J connectivity index is 1.82. The number of aryl methyl sites for hydroxylation is 1. The molecule has 2 aliphatic carbocycles. The van der Waals surface area contributed by atoms with E-state index >= 15 is 0 Å². The number of carbonyl (C=O) groups is 3. The van der Waals surface area contributed by atoms with E-state index in [4.69, 9.17) is 14.2 Å². The number of hydrogen-bond donors (Lipinski definition) is 0. The third-order valence-electron chi connectivity index (χ3n) is 6.99. The molecule has 162 valence electrons. The second-order valence-electron chi connectivity index (χ2n) is 9.81. The van der Waals surface area contributed by atoms with Crippen LogP contribution in [-0.4, -0.2) is 43.9 Å². The summed E-state index contributed by atoms with van der Waals surface area (Å²) in [7, 11) is 2.59. The second kappa shape index (κ2) is 6.46. The molecular formula is C23H29NO6. The maximum atomic E-state index is 13.1. The lowest BCUT2D eigenvalue weighted by Gasteiger charge is -2.50. The molecular weight excluding hydrogens is 386 g/mol. The van der Waals surface area contributed by atoms with Crippen molar-refractivity contribution in [2.24, 2.45) is 11.3 Å². The van der Waals surface area contributed by atoms with Crippen molar-refractivity contribution in [3.05, 3.63) is 29.3 Å². The van der Waals surface area contributed by atoms with Gasteiger partial charge in [0.05, 0.1) is 25.9 Å². The van der Waals surface area contributed by atoms with Gasteiger partial charge in [-0.1, -0.05) is 17.7 Å². The lowest BCUT2D eigenvalue weighted by Crippen LogP contribution is -2.59. The van der Waals surface area contributed by atoms with E-state index in [1.807, 2.05) is 39.8 Å². The van der Waals surface area contributed by atoms with E-state index in [0.29, 0.717) is 12.8 Å². The minimum absolute atomic E-state index is 0.0775. The molecule has 7 nitrogen and oxygen atoms in total. The molecule has 1 heterocycles. The van der Waals surface area contributed by atoms with E-state index in [1.165, 1.54) is 14.2 Å². The maximum absolute atomic E-state index is 13.1. The number of hydrogen-bond acceptors (Lipinski definition) is 6.